The van der Waals surface area contributed by atoms with E-state index in [1.807, 2.05) is 36.4 Å². The quantitative estimate of drug-likeness (QED) is 0.636. The van der Waals surface area contributed by atoms with Gasteiger partial charge in [0.2, 0.25) is 0 Å². The number of hydrogen-bond donors (Lipinski definition) is 1. The second kappa shape index (κ2) is 8.37. The molecule has 0 unspecified atom stereocenters. The minimum absolute atomic E-state index is 0.112. The topological polar surface area (TPSA) is 120 Å². The van der Waals surface area contributed by atoms with E-state index in [4.69, 9.17) is 15.2 Å². The SMILES string of the molecule is CCOC(=O)c1sc(N)c(C#N)c1COC(=O)c1cnn(-c2ccccc2)c1. The van der Waals surface area contributed by atoms with Crippen LogP contribution in [0.15, 0.2) is 42.7 Å². The molecule has 3 rings (SSSR count). The van der Waals surface area contributed by atoms with Crippen molar-refractivity contribution in [1.29, 1.82) is 5.26 Å². The van der Waals surface area contributed by atoms with Crippen molar-refractivity contribution in [3.05, 3.63) is 64.3 Å². The van der Waals surface area contributed by atoms with Gasteiger partial charge in [0.25, 0.3) is 0 Å². The van der Waals surface area contributed by atoms with Crippen LogP contribution in [0.2, 0.25) is 0 Å². The summed E-state index contributed by atoms with van der Waals surface area (Å²) in [5.74, 6) is -1.24. The maximum atomic E-state index is 12.4. The van der Waals surface area contributed by atoms with Crippen LogP contribution >= 0.6 is 11.3 Å². The summed E-state index contributed by atoms with van der Waals surface area (Å²) in [6.45, 7) is 1.57. The highest BCUT2D eigenvalue weighted by Gasteiger charge is 2.24. The molecule has 0 radical (unpaired) electrons. The molecule has 2 aromatic heterocycles. The molecule has 3 aromatic rings. The number of nitrogens with two attached hydrogens (primary N) is 1. The van der Waals surface area contributed by atoms with Gasteiger partial charge < -0.3 is 15.2 Å². The Balaban J connectivity index is 1.77. The summed E-state index contributed by atoms with van der Waals surface area (Å²) in [6, 6.07) is 11.2. The number of ether oxygens (including phenoxy) is 2. The van der Waals surface area contributed by atoms with Crippen LogP contribution in [0.1, 0.15) is 38.1 Å². The minimum atomic E-state index is -0.634. The standard InChI is InChI=1S/C19H16N4O4S/c1-2-26-19(25)16-15(14(8-20)17(21)28-16)11-27-18(24)12-9-22-23(10-12)13-6-4-3-5-7-13/h3-7,9-10H,2,11,21H2,1H3. The molecule has 9 heteroatoms. The number of esters is 2. The van der Waals surface area contributed by atoms with Crippen LogP contribution in [-0.2, 0) is 16.1 Å². The number of aromatic nitrogens is 2. The largest absolute Gasteiger partial charge is 0.462 e. The Morgan fingerprint density at radius 1 is 1.25 bits per heavy atom. The Bertz CT molecular complexity index is 1050. The number of hydrogen-bond acceptors (Lipinski definition) is 8. The zero-order chi connectivity index (χ0) is 20.1. The molecule has 2 heterocycles. The summed E-state index contributed by atoms with van der Waals surface area (Å²) in [5.41, 5.74) is 7.20. The first-order chi connectivity index (χ1) is 13.5. The Hall–Kier alpha value is -3.64. The predicted octanol–water partition coefficient (Wildman–Crippen LogP) is 2.92. The molecular weight excluding hydrogens is 380 g/mol. The lowest BCUT2D eigenvalue weighted by molar-refractivity contribution is 0.0452. The molecule has 2 N–H and O–H groups in total. The van der Waals surface area contributed by atoms with E-state index >= 15 is 0 Å². The van der Waals surface area contributed by atoms with Crippen LogP contribution in [0, 0.1) is 11.3 Å². The molecule has 8 nitrogen and oxygen atoms in total. The van der Waals surface area contributed by atoms with Gasteiger partial charge in [-0.05, 0) is 19.1 Å². The monoisotopic (exact) mass is 396 g/mol. The summed E-state index contributed by atoms with van der Waals surface area (Å²) in [7, 11) is 0. The molecule has 1 aromatic carbocycles. The van der Waals surface area contributed by atoms with Crippen molar-refractivity contribution >= 4 is 28.3 Å². The van der Waals surface area contributed by atoms with Crippen molar-refractivity contribution < 1.29 is 19.1 Å². The lowest BCUT2D eigenvalue weighted by Crippen LogP contribution is -2.09. The van der Waals surface area contributed by atoms with E-state index in [0.29, 0.717) is 0 Å². The van der Waals surface area contributed by atoms with E-state index in [-0.39, 0.29) is 39.8 Å². The predicted molar refractivity (Wildman–Crippen MR) is 102 cm³/mol. The third kappa shape index (κ3) is 3.87. The lowest BCUT2D eigenvalue weighted by Gasteiger charge is -2.06. The zero-order valence-electron chi connectivity index (χ0n) is 14.9. The summed E-state index contributed by atoms with van der Waals surface area (Å²) < 4.78 is 11.8. The van der Waals surface area contributed by atoms with Crippen molar-refractivity contribution in [1.82, 2.24) is 9.78 Å². The molecule has 142 valence electrons. The molecular formula is C19H16N4O4S. The molecule has 0 saturated carbocycles. The fraction of sp³-hybridized carbons (Fsp3) is 0.158. The van der Waals surface area contributed by atoms with Gasteiger partial charge >= 0.3 is 11.9 Å². The second-order valence-corrected chi connectivity index (χ2v) is 6.62. The fourth-order valence-electron chi connectivity index (χ4n) is 2.48. The molecule has 0 aliphatic rings. The summed E-state index contributed by atoms with van der Waals surface area (Å²) >= 11 is 0.935. The average Bonchev–Trinajstić information content (AvgIpc) is 3.31. The number of anilines is 1. The third-order valence-corrected chi connectivity index (χ3v) is 4.83. The van der Waals surface area contributed by atoms with Gasteiger partial charge in [-0.15, -0.1) is 11.3 Å². The molecule has 28 heavy (non-hydrogen) atoms. The first kappa shape index (κ1) is 19.1. The van der Waals surface area contributed by atoms with Gasteiger partial charge in [0.05, 0.1) is 29.6 Å². The zero-order valence-corrected chi connectivity index (χ0v) is 15.7. The van der Waals surface area contributed by atoms with E-state index in [1.165, 1.54) is 12.4 Å². The summed E-state index contributed by atoms with van der Waals surface area (Å²) in [6.07, 6.45) is 2.92. The van der Waals surface area contributed by atoms with Crippen molar-refractivity contribution in [2.75, 3.05) is 12.3 Å². The van der Waals surface area contributed by atoms with Crippen LogP contribution in [0.3, 0.4) is 0 Å². The number of rotatable bonds is 6. The highest BCUT2D eigenvalue weighted by atomic mass is 32.1. The molecule has 0 saturated heterocycles. The van der Waals surface area contributed by atoms with Crippen molar-refractivity contribution in [2.45, 2.75) is 13.5 Å². The van der Waals surface area contributed by atoms with Gasteiger partial charge in [0.15, 0.2) is 0 Å². The average molecular weight is 396 g/mol. The Labute approximate surface area is 164 Å². The van der Waals surface area contributed by atoms with Crippen LogP contribution in [0.4, 0.5) is 5.00 Å². The molecule has 0 aliphatic heterocycles. The fourth-order valence-corrected chi connectivity index (χ4v) is 3.40. The lowest BCUT2D eigenvalue weighted by atomic mass is 10.1. The Morgan fingerprint density at radius 3 is 2.68 bits per heavy atom. The van der Waals surface area contributed by atoms with E-state index in [9.17, 15) is 14.9 Å². The number of nitrogens with zero attached hydrogens (tertiary/aromatic N) is 3. The van der Waals surface area contributed by atoms with E-state index in [2.05, 4.69) is 5.10 Å². The van der Waals surface area contributed by atoms with Gasteiger partial charge in [-0.25, -0.2) is 14.3 Å². The van der Waals surface area contributed by atoms with Crippen molar-refractivity contribution in [3.8, 4) is 11.8 Å². The second-order valence-electron chi connectivity index (χ2n) is 5.57. The van der Waals surface area contributed by atoms with Crippen LogP contribution in [0.25, 0.3) is 5.69 Å². The molecule has 0 spiro atoms. The molecule has 0 atom stereocenters. The maximum absolute atomic E-state index is 12.4. The third-order valence-electron chi connectivity index (χ3n) is 3.79. The van der Waals surface area contributed by atoms with E-state index in [0.717, 1.165) is 17.0 Å². The number of carbonyl (C=O) groups is 2. The molecule has 0 amide bonds. The number of nitriles is 1. The molecule has 0 aliphatic carbocycles. The smallest absolute Gasteiger partial charge is 0.348 e. The highest BCUT2D eigenvalue weighted by molar-refractivity contribution is 7.18. The minimum Gasteiger partial charge on any atom is -0.462 e. The first-order valence-corrected chi connectivity index (χ1v) is 9.12. The van der Waals surface area contributed by atoms with Crippen molar-refractivity contribution in [2.24, 2.45) is 0 Å². The number of para-hydroxylation sites is 1. The molecule has 0 bridgehead atoms. The van der Waals surface area contributed by atoms with E-state index < -0.39 is 11.9 Å². The van der Waals surface area contributed by atoms with Crippen molar-refractivity contribution in [3.63, 3.8) is 0 Å². The van der Waals surface area contributed by atoms with Gasteiger partial charge in [-0.1, -0.05) is 18.2 Å². The van der Waals surface area contributed by atoms with Crippen LogP contribution in [-0.4, -0.2) is 28.3 Å². The normalized spacial score (nSPS) is 10.3. The first-order valence-electron chi connectivity index (χ1n) is 8.30. The highest BCUT2D eigenvalue weighted by Crippen LogP contribution is 2.32. The number of thiophene rings is 1. The Kier molecular flexibility index (Phi) is 5.72. The molecule has 0 fully saturated rings. The van der Waals surface area contributed by atoms with Crippen LogP contribution < -0.4 is 5.73 Å². The number of benzene rings is 1. The number of nitrogen functional groups attached to an aromatic ring is 1. The van der Waals surface area contributed by atoms with Gasteiger partial charge in [-0.2, -0.15) is 10.4 Å². The maximum Gasteiger partial charge on any atom is 0.348 e. The summed E-state index contributed by atoms with van der Waals surface area (Å²) in [4.78, 5) is 24.6. The van der Waals surface area contributed by atoms with E-state index in [1.54, 1.807) is 11.6 Å². The summed E-state index contributed by atoms with van der Waals surface area (Å²) in [5, 5.41) is 13.6. The van der Waals surface area contributed by atoms with Gasteiger partial charge in [-0.3, -0.25) is 0 Å². The number of carbonyl (C=O) groups excluding carboxylic acids is 2. The van der Waals surface area contributed by atoms with Gasteiger partial charge in [0.1, 0.15) is 22.6 Å². The van der Waals surface area contributed by atoms with Gasteiger partial charge in [0, 0.05) is 11.8 Å². The van der Waals surface area contributed by atoms with Crippen LogP contribution in [0.5, 0.6) is 0 Å². The Morgan fingerprint density at radius 2 is 2.00 bits per heavy atom.